The molecule has 0 aliphatic carbocycles. The number of amides is 2. The van der Waals surface area contributed by atoms with E-state index < -0.39 is 17.7 Å². The first-order valence-corrected chi connectivity index (χ1v) is 13.2. The Labute approximate surface area is 210 Å². The summed E-state index contributed by atoms with van der Waals surface area (Å²) < 4.78 is 5.46. The van der Waals surface area contributed by atoms with Crippen molar-refractivity contribution < 1.29 is 14.3 Å². The molecule has 34 heavy (non-hydrogen) atoms. The van der Waals surface area contributed by atoms with E-state index in [-0.39, 0.29) is 5.91 Å². The molecule has 0 spiro atoms. The summed E-state index contributed by atoms with van der Waals surface area (Å²) in [6.07, 6.45) is 3.63. The van der Waals surface area contributed by atoms with Crippen molar-refractivity contribution in [3.05, 3.63) is 87.1 Å². The van der Waals surface area contributed by atoms with Gasteiger partial charge in [-0.2, -0.15) is 0 Å². The fraction of sp³-hybridized carbons (Fsp3) is 0.370. The van der Waals surface area contributed by atoms with Crippen LogP contribution in [0.5, 0.6) is 0 Å². The third kappa shape index (κ3) is 8.95. The highest BCUT2D eigenvalue weighted by Gasteiger charge is 2.28. The fourth-order valence-corrected chi connectivity index (χ4v) is 4.93. The van der Waals surface area contributed by atoms with E-state index in [9.17, 15) is 9.59 Å². The second-order valence-electron chi connectivity index (χ2n) is 9.11. The van der Waals surface area contributed by atoms with E-state index in [0.29, 0.717) is 25.9 Å². The van der Waals surface area contributed by atoms with Gasteiger partial charge in [0.1, 0.15) is 11.6 Å². The largest absolute Gasteiger partial charge is 0.444 e. The molecule has 7 heteroatoms. The molecule has 3 aromatic rings. The van der Waals surface area contributed by atoms with Crippen LogP contribution in [0.15, 0.2) is 65.4 Å². The number of rotatable bonds is 11. The number of alkyl carbamates (subject to hydrolysis) is 1. The van der Waals surface area contributed by atoms with Gasteiger partial charge >= 0.3 is 6.09 Å². The number of nitrogens with zero attached hydrogens (tertiary/aromatic N) is 1. The minimum absolute atomic E-state index is 0.0965. The molecular weight excluding hydrogens is 464 g/mol. The molecule has 0 aliphatic heterocycles. The first kappa shape index (κ1) is 26.0. The summed E-state index contributed by atoms with van der Waals surface area (Å²) >= 11 is 3.25. The van der Waals surface area contributed by atoms with Crippen LogP contribution >= 0.6 is 22.7 Å². The van der Waals surface area contributed by atoms with Gasteiger partial charge in [-0.1, -0.05) is 42.5 Å². The van der Waals surface area contributed by atoms with Crippen molar-refractivity contribution in [3.8, 4) is 0 Å². The highest BCUT2D eigenvalue weighted by Crippen LogP contribution is 2.20. The molecule has 2 heterocycles. The van der Waals surface area contributed by atoms with Gasteiger partial charge in [-0.25, -0.2) is 4.79 Å². The standard InChI is InChI=1S/C27H33N2O3S2/c1-27(2,3)32-26(31)28-24(16-8-7-13-21-11-5-4-6-12-21)25(30)29(19-22-14-9-17-33-22)20-23-15-10-18-34-23/h4-7,9-12,14-15,17-18,24H,8,13,16,19-20H2,1-3H3,(H,28,31)/t24-/m0/s1. The Morgan fingerprint density at radius 1 is 0.971 bits per heavy atom. The first-order chi connectivity index (χ1) is 16.3. The van der Waals surface area contributed by atoms with Crippen molar-refractivity contribution in [2.24, 2.45) is 0 Å². The Bertz CT molecular complexity index is 960. The molecule has 1 radical (unpaired) electrons. The van der Waals surface area contributed by atoms with E-state index in [2.05, 4.69) is 23.9 Å². The molecule has 0 unspecified atom stereocenters. The summed E-state index contributed by atoms with van der Waals surface area (Å²) in [5, 5.41) is 6.87. The van der Waals surface area contributed by atoms with Crippen LogP contribution in [0, 0.1) is 6.42 Å². The quantitative estimate of drug-likeness (QED) is 0.309. The van der Waals surface area contributed by atoms with E-state index in [1.54, 1.807) is 22.7 Å². The molecule has 0 aliphatic rings. The van der Waals surface area contributed by atoms with Crippen LogP contribution in [0.25, 0.3) is 0 Å². The van der Waals surface area contributed by atoms with Crippen molar-refractivity contribution in [2.75, 3.05) is 0 Å². The summed E-state index contributed by atoms with van der Waals surface area (Å²) in [5.74, 6) is -0.0965. The molecule has 181 valence electrons. The van der Waals surface area contributed by atoms with Gasteiger partial charge in [0.15, 0.2) is 0 Å². The molecule has 2 amide bonds. The smallest absolute Gasteiger partial charge is 0.408 e. The van der Waals surface area contributed by atoms with Crippen molar-refractivity contribution in [3.63, 3.8) is 0 Å². The Kier molecular flexibility index (Phi) is 9.72. The number of hydrogen-bond donors (Lipinski definition) is 1. The van der Waals surface area contributed by atoms with E-state index in [4.69, 9.17) is 4.74 Å². The van der Waals surface area contributed by atoms with Gasteiger partial charge in [-0.3, -0.25) is 4.79 Å². The highest BCUT2D eigenvalue weighted by molar-refractivity contribution is 7.10. The normalized spacial score (nSPS) is 12.2. The Morgan fingerprint density at radius 3 is 2.12 bits per heavy atom. The SMILES string of the molecule is CC(C)(C)OC(=O)N[C@@H](CC[CH]Cc1ccccc1)C(=O)N(Cc1cccs1)Cc1cccs1. The number of benzene rings is 1. The van der Waals surface area contributed by atoms with Gasteiger partial charge < -0.3 is 15.0 Å². The van der Waals surface area contributed by atoms with Crippen LogP contribution in [0.1, 0.15) is 48.9 Å². The topological polar surface area (TPSA) is 58.6 Å². The molecule has 0 fully saturated rings. The second kappa shape index (κ2) is 12.7. The van der Waals surface area contributed by atoms with Crippen LogP contribution in [0.4, 0.5) is 4.79 Å². The van der Waals surface area contributed by atoms with Gasteiger partial charge in [0.2, 0.25) is 5.91 Å². The Balaban J connectivity index is 1.70. The summed E-state index contributed by atoms with van der Waals surface area (Å²) in [4.78, 5) is 30.3. The van der Waals surface area contributed by atoms with Crippen molar-refractivity contribution >= 4 is 34.7 Å². The summed E-state index contributed by atoms with van der Waals surface area (Å²) in [6.45, 7) is 6.47. The van der Waals surface area contributed by atoms with Crippen LogP contribution in [0.2, 0.25) is 0 Å². The van der Waals surface area contributed by atoms with Gasteiger partial charge in [0.25, 0.3) is 0 Å². The second-order valence-corrected chi connectivity index (χ2v) is 11.2. The van der Waals surface area contributed by atoms with Crippen LogP contribution in [0.3, 0.4) is 0 Å². The maximum atomic E-state index is 13.7. The molecule has 0 bridgehead atoms. The van der Waals surface area contributed by atoms with E-state index in [1.807, 2.05) is 78.9 Å². The molecule has 2 aromatic heterocycles. The number of nitrogens with one attached hydrogen (secondary N) is 1. The molecule has 0 saturated carbocycles. The molecule has 1 aromatic carbocycles. The average Bonchev–Trinajstić information content (AvgIpc) is 3.49. The highest BCUT2D eigenvalue weighted by atomic mass is 32.1. The van der Waals surface area contributed by atoms with Crippen LogP contribution in [-0.2, 0) is 29.0 Å². The van der Waals surface area contributed by atoms with E-state index in [1.165, 1.54) is 5.56 Å². The monoisotopic (exact) mass is 497 g/mol. The van der Waals surface area contributed by atoms with Gasteiger partial charge in [0, 0.05) is 9.75 Å². The van der Waals surface area contributed by atoms with Gasteiger partial charge in [-0.05, 0) is 74.9 Å². The third-order valence-corrected chi connectivity index (χ3v) is 6.76. The fourth-order valence-electron chi connectivity index (χ4n) is 3.49. The lowest BCUT2D eigenvalue weighted by Crippen LogP contribution is -2.49. The minimum Gasteiger partial charge on any atom is -0.444 e. The van der Waals surface area contributed by atoms with Crippen molar-refractivity contribution in [1.82, 2.24) is 10.2 Å². The van der Waals surface area contributed by atoms with Crippen molar-refractivity contribution in [2.45, 2.75) is 64.8 Å². The number of ether oxygens (including phenoxy) is 1. The van der Waals surface area contributed by atoms with Crippen LogP contribution < -0.4 is 5.32 Å². The maximum Gasteiger partial charge on any atom is 0.408 e. The molecular formula is C27H33N2O3S2. The zero-order valence-corrected chi connectivity index (χ0v) is 21.7. The molecule has 1 N–H and O–H groups in total. The van der Waals surface area contributed by atoms with E-state index >= 15 is 0 Å². The van der Waals surface area contributed by atoms with E-state index in [0.717, 1.165) is 16.2 Å². The van der Waals surface area contributed by atoms with Gasteiger partial charge in [0.05, 0.1) is 13.1 Å². The summed E-state index contributed by atoms with van der Waals surface area (Å²) in [7, 11) is 0. The van der Waals surface area contributed by atoms with Gasteiger partial charge in [-0.15, -0.1) is 22.7 Å². The summed E-state index contributed by atoms with van der Waals surface area (Å²) in [6, 6.07) is 17.6. The lowest BCUT2D eigenvalue weighted by atomic mass is 10.0. The molecule has 1 atom stereocenters. The third-order valence-electron chi connectivity index (χ3n) is 5.04. The summed E-state index contributed by atoms with van der Waals surface area (Å²) in [5.41, 5.74) is 0.590. The predicted molar refractivity (Wildman–Crippen MR) is 140 cm³/mol. The molecule has 3 rings (SSSR count). The number of carbonyl (C=O) groups is 2. The first-order valence-electron chi connectivity index (χ1n) is 11.5. The molecule has 0 saturated heterocycles. The zero-order valence-electron chi connectivity index (χ0n) is 20.0. The number of hydrogen-bond acceptors (Lipinski definition) is 5. The maximum absolute atomic E-state index is 13.7. The molecule has 5 nitrogen and oxygen atoms in total. The number of unbranched alkanes of at least 4 members (excludes halogenated alkanes) is 1. The minimum atomic E-state index is -0.665. The zero-order chi connectivity index (χ0) is 24.4. The lowest BCUT2D eigenvalue weighted by Gasteiger charge is -2.28. The Hall–Kier alpha value is -2.64. The van der Waals surface area contributed by atoms with Crippen molar-refractivity contribution in [1.29, 1.82) is 0 Å². The number of carbonyl (C=O) groups excluding carboxylic acids is 2. The lowest BCUT2D eigenvalue weighted by molar-refractivity contribution is -0.134. The predicted octanol–water partition coefficient (Wildman–Crippen LogP) is 6.46. The average molecular weight is 498 g/mol. The number of thiophene rings is 2. The Morgan fingerprint density at radius 2 is 1.59 bits per heavy atom. The van der Waals surface area contributed by atoms with Crippen LogP contribution in [-0.4, -0.2) is 28.5 Å².